The lowest BCUT2D eigenvalue weighted by molar-refractivity contribution is -0.137. The molecular weight excluding hydrogens is 542 g/mol. The monoisotopic (exact) mass is 589 g/mol. The van der Waals surface area contributed by atoms with Gasteiger partial charge in [-0.15, -0.1) is 0 Å². The zero-order valence-corrected chi connectivity index (χ0v) is 26.9. The number of rotatable bonds is 6. The van der Waals surface area contributed by atoms with Crippen molar-refractivity contribution >= 4 is 8.32 Å². The van der Waals surface area contributed by atoms with Crippen LogP contribution in [0.3, 0.4) is 0 Å². The van der Waals surface area contributed by atoms with Gasteiger partial charge in [0, 0.05) is 22.5 Å². The fourth-order valence-electron chi connectivity index (χ4n) is 7.18. The largest absolute Gasteiger partial charge is 0.416 e. The molecule has 0 N–H and O–H groups in total. The first-order valence-electron chi connectivity index (χ1n) is 15.6. The van der Waals surface area contributed by atoms with Gasteiger partial charge in [0.15, 0.2) is 14.5 Å². The molecule has 3 aliphatic rings. The summed E-state index contributed by atoms with van der Waals surface area (Å²) in [6, 6.07) is 4.62. The van der Waals surface area contributed by atoms with E-state index >= 15 is 4.39 Å². The molecule has 0 bridgehead atoms. The molecule has 0 amide bonds. The topological polar surface area (TPSA) is 22.1 Å². The summed E-state index contributed by atoms with van der Waals surface area (Å²) >= 11 is 0. The second-order valence-electron chi connectivity index (χ2n) is 14.9. The predicted octanol–water partition coefficient (Wildman–Crippen LogP) is 11.1. The SMILES string of the molecule is CC(C)c1nc2c(c(C3CCCC3)c1[C@@H](F)c1ccc(C(F)(F)F)cc1)[C@@H](O[Si](C)(C)C(C)(C)C)CC1(CCC1)C2. The highest BCUT2D eigenvalue weighted by molar-refractivity contribution is 6.74. The summed E-state index contributed by atoms with van der Waals surface area (Å²) in [7, 11) is -2.17. The molecular formula is C34H47F4NOSi. The minimum Gasteiger partial charge on any atom is -0.410 e. The van der Waals surface area contributed by atoms with Crippen LogP contribution in [0, 0.1) is 5.41 Å². The van der Waals surface area contributed by atoms with Crippen LogP contribution in [-0.4, -0.2) is 13.3 Å². The van der Waals surface area contributed by atoms with Gasteiger partial charge < -0.3 is 4.43 Å². The van der Waals surface area contributed by atoms with Crippen LogP contribution < -0.4 is 0 Å². The van der Waals surface area contributed by atoms with E-state index < -0.39 is 26.2 Å². The van der Waals surface area contributed by atoms with Gasteiger partial charge >= 0.3 is 6.18 Å². The zero-order valence-electron chi connectivity index (χ0n) is 25.9. The van der Waals surface area contributed by atoms with Crippen LogP contribution in [0.4, 0.5) is 17.6 Å². The molecule has 2 fully saturated rings. The summed E-state index contributed by atoms with van der Waals surface area (Å²) in [5, 5.41) is 0.0297. The smallest absolute Gasteiger partial charge is 0.410 e. The fourth-order valence-corrected chi connectivity index (χ4v) is 8.45. The van der Waals surface area contributed by atoms with Crippen molar-refractivity contribution < 1.29 is 22.0 Å². The van der Waals surface area contributed by atoms with Crippen LogP contribution in [0.1, 0.15) is 149 Å². The number of benzene rings is 1. The van der Waals surface area contributed by atoms with E-state index in [1.165, 1.54) is 31.4 Å². The Hall–Kier alpha value is -1.73. The highest BCUT2D eigenvalue weighted by atomic mass is 28.4. The van der Waals surface area contributed by atoms with Crippen molar-refractivity contribution in [3.63, 3.8) is 0 Å². The van der Waals surface area contributed by atoms with Gasteiger partial charge in [-0.1, -0.05) is 66.0 Å². The predicted molar refractivity (Wildman–Crippen MR) is 160 cm³/mol. The van der Waals surface area contributed by atoms with Crippen molar-refractivity contribution in [3.05, 3.63) is 63.5 Å². The van der Waals surface area contributed by atoms with Gasteiger partial charge in [0.05, 0.1) is 11.7 Å². The highest BCUT2D eigenvalue weighted by Gasteiger charge is 2.50. The Kier molecular flexibility index (Phi) is 8.06. The summed E-state index contributed by atoms with van der Waals surface area (Å²) in [4.78, 5) is 5.28. The molecule has 1 spiro atoms. The molecule has 226 valence electrons. The van der Waals surface area contributed by atoms with Crippen LogP contribution in [-0.2, 0) is 17.0 Å². The second-order valence-corrected chi connectivity index (χ2v) is 19.7. The molecule has 1 aromatic heterocycles. The maximum Gasteiger partial charge on any atom is 0.416 e. The Morgan fingerprint density at radius 1 is 0.951 bits per heavy atom. The average Bonchev–Trinajstić information content (AvgIpc) is 3.39. The van der Waals surface area contributed by atoms with Crippen LogP contribution in [0.15, 0.2) is 24.3 Å². The molecule has 5 rings (SSSR count). The number of nitrogens with zero attached hydrogens (tertiary/aromatic N) is 1. The minimum absolute atomic E-state index is 0.0119. The lowest BCUT2D eigenvalue weighted by Crippen LogP contribution is -2.46. The first kappa shape index (κ1) is 30.7. The van der Waals surface area contributed by atoms with Crippen molar-refractivity contribution in [2.24, 2.45) is 5.41 Å². The molecule has 2 aromatic rings. The fraction of sp³-hybridized carbons (Fsp3) is 0.676. The molecule has 0 radical (unpaired) electrons. The minimum atomic E-state index is -4.46. The van der Waals surface area contributed by atoms with Crippen molar-refractivity contribution in [1.82, 2.24) is 4.98 Å². The Balaban J connectivity index is 1.72. The number of halogens is 4. The Labute approximate surface area is 244 Å². The third kappa shape index (κ3) is 5.79. The third-order valence-corrected chi connectivity index (χ3v) is 15.1. The van der Waals surface area contributed by atoms with Gasteiger partial charge in [-0.05, 0) is 97.2 Å². The Morgan fingerprint density at radius 3 is 2.05 bits per heavy atom. The molecule has 2 saturated carbocycles. The van der Waals surface area contributed by atoms with Crippen LogP contribution in [0.25, 0.3) is 0 Å². The molecule has 1 aromatic carbocycles. The zero-order chi connectivity index (χ0) is 30.0. The van der Waals surface area contributed by atoms with Crippen LogP contribution in [0.2, 0.25) is 18.1 Å². The number of hydrogen-bond acceptors (Lipinski definition) is 2. The standard InChI is InChI=1S/C34H47F4NOSi/c1-21(2)31-29(30(35)23-13-15-24(16-14-23)34(36,37)38)27(22-11-8-9-12-22)28-25(39-31)19-33(17-10-18-33)20-26(28)40-41(6,7)32(3,4)5/h13-16,21-22,26,30H,8-12,17-20H2,1-7H3/t26-,30-/m0/s1. The van der Waals surface area contributed by atoms with Gasteiger partial charge in [0.2, 0.25) is 0 Å². The molecule has 2 nitrogen and oxygen atoms in total. The van der Waals surface area contributed by atoms with Crippen LogP contribution in [0.5, 0.6) is 0 Å². The van der Waals surface area contributed by atoms with E-state index in [1.54, 1.807) is 0 Å². The summed E-state index contributed by atoms with van der Waals surface area (Å²) < 4.78 is 64.1. The summed E-state index contributed by atoms with van der Waals surface area (Å²) in [6.45, 7) is 15.5. The normalized spacial score (nSPS) is 22.2. The summed E-state index contributed by atoms with van der Waals surface area (Å²) in [5.41, 5.74) is 4.35. The van der Waals surface area contributed by atoms with Gasteiger partial charge in [-0.25, -0.2) is 4.39 Å². The molecule has 3 aliphatic carbocycles. The van der Waals surface area contributed by atoms with Gasteiger partial charge in [0.25, 0.3) is 0 Å². The van der Waals surface area contributed by atoms with E-state index in [2.05, 4.69) is 47.7 Å². The number of pyridine rings is 1. The van der Waals surface area contributed by atoms with E-state index in [4.69, 9.17) is 9.41 Å². The van der Waals surface area contributed by atoms with E-state index in [1.807, 2.05) is 0 Å². The second kappa shape index (κ2) is 10.8. The van der Waals surface area contributed by atoms with Crippen molar-refractivity contribution in [2.75, 3.05) is 0 Å². The molecule has 0 aliphatic heterocycles. The molecule has 2 atom stereocenters. The van der Waals surface area contributed by atoms with E-state index in [0.717, 1.165) is 73.2 Å². The number of aromatic nitrogens is 1. The van der Waals surface area contributed by atoms with Gasteiger partial charge in [-0.2, -0.15) is 13.2 Å². The molecule has 0 unspecified atom stereocenters. The Bertz CT molecular complexity index is 1250. The highest BCUT2D eigenvalue weighted by Crippen LogP contribution is 2.58. The third-order valence-electron chi connectivity index (χ3n) is 10.7. The lowest BCUT2D eigenvalue weighted by Gasteiger charge is -2.51. The van der Waals surface area contributed by atoms with Crippen molar-refractivity contribution in [2.45, 2.75) is 141 Å². The van der Waals surface area contributed by atoms with E-state index in [0.29, 0.717) is 5.56 Å². The van der Waals surface area contributed by atoms with Gasteiger partial charge in [-0.3, -0.25) is 4.98 Å². The van der Waals surface area contributed by atoms with Gasteiger partial charge in [0.1, 0.15) is 0 Å². The Morgan fingerprint density at radius 2 is 1.56 bits per heavy atom. The lowest BCUT2D eigenvalue weighted by atomic mass is 9.59. The number of alkyl halides is 4. The van der Waals surface area contributed by atoms with Crippen molar-refractivity contribution in [1.29, 1.82) is 0 Å². The summed E-state index contributed by atoms with van der Waals surface area (Å²) in [6.07, 6.45) is 3.54. The maximum absolute atomic E-state index is 16.9. The number of fused-ring (bicyclic) bond motifs is 1. The first-order chi connectivity index (χ1) is 19.0. The molecule has 1 heterocycles. The first-order valence-corrected chi connectivity index (χ1v) is 18.5. The van der Waals surface area contributed by atoms with E-state index in [-0.39, 0.29) is 34.0 Å². The van der Waals surface area contributed by atoms with E-state index in [9.17, 15) is 13.2 Å². The molecule has 7 heteroatoms. The summed E-state index contributed by atoms with van der Waals surface area (Å²) in [5.74, 6) is 0.204. The quantitative estimate of drug-likeness (QED) is 0.247. The molecule has 0 saturated heterocycles. The molecule has 41 heavy (non-hydrogen) atoms. The average molecular weight is 590 g/mol. The number of hydrogen-bond donors (Lipinski definition) is 0. The van der Waals surface area contributed by atoms with Crippen molar-refractivity contribution in [3.8, 4) is 0 Å². The maximum atomic E-state index is 16.9. The van der Waals surface area contributed by atoms with Crippen LogP contribution >= 0.6 is 0 Å².